The van der Waals surface area contributed by atoms with Crippen LogP contribution in [0.1, 0.15) is 48.0 Å². The number of ether oxygens (including phenoxy) is 1. The Morgan fingerprint density at radius 3 is 2.30 bits per heavy atom. The minimum absolute atomic E-state index is 0.529. The van der Waals surface area contributed by atoms with E-state index in [0.29, 0.717) is 30.0 Å². The summed E-state index contributed by atoms with van der Waals surface area (Å²) in [5, 5.41) is 3.78. The van der Waals surface area contributed by atoms with Crippen LogP contribution in [0.4, 0.5) is 0 Å². The van der Waals surface area contributed by atoms with Crippen LogP contribution in [-0.4, -0.2) is 49.8 Å². The SMILES string of the molecule is CCC(C)C1CN(C(COC)C(C)C)C(C(C)C)CN1. The minimum Gasteiger partial charge on any atom is -0.383 e. The summed E-state index contributed by atoms with van der Waals surface area (Å²) in [6, 6.07) is 1.77. The van der Waals surface area contributed by atoms with Crippen molar-refractivity contribution in [3.8, 4) is 0 Å². The highest BCUT2D eigenvalue weighted by Gasteiger charge is 2.36. The van der Waals surface area contributed by atoms with Crippen molar-refractivity contribution in [2.75, 3.05) is 26.8 Å². The maximum atomic E-state index is 5.51. The number of nitrogens with one attached hydrogen (secondary N) is 1. The number of hydrogen-bond donors (Lipinski definition) is 1. The molecule has 1 aliphatic rings. The first kappa shape index (κ1) is 17.9. The fourth-order valence-corrected chi connectivity index (χ4v) is 3.32. The van der Waals surface area contributed by atoms with E-state index in [4.69, 9.17) is 4.74 Å². The van der Waals surface area contributed by atoms with Crippen molar-refractivity contribution >= 4 is 0 Å². The zero-order chi connectivity index (χ0) is 15.3. The lowest BCUT2D eigenvalue weighted by Gasteiger charge is -2.48. The first-order chi connectivity index (χ1) is 9.42. The first-order valence-electron chi connectivity index (χ1n) is 8.40. The summed E-state index contributed by atoms with van der Waals surface area (Å²) >= 11 is 0. The predicted octanol–water partition coefficient (Wildman–Crippen LogP) is 3.00. The van der Waals surface area contributed by atoms with Gasteiger partial charge in [-0.15, -0.1) is 0 Å². The molecule has 0 radical (unpaired) electrons. The maximum absolute atomic E-state index is 5.51. The highest BCUT2D eigenvalue weighted by atomic mass is 16.5. The fraction of sp³-hybridized carbons (Fsp3) is 1.00. The van der Waals surface area contributed by atoms with Crippen molar-refractivity contribution in [1.82, 2.24) is 10.2 Å². The smallest absolute Gasteiger partial charge is 0.0620 e. The second-order valence-corrected chi connectivity index (χ2v) is 7.18. The minimum atomic E-state index is 0.529. The van der Waals surface area contributed by atoms with Gasteiger partial charge in [0.2, 0.25) is 0 Å². The lowest BCUT2D eigenvalue weighted by molar-refractivity contribution is -0.00916. The number of piperazine rings is 1. The summed E-state index contributed by atoms with van der Waals surface area (Å²) in [5.41, 5.74) is 0. The van der Waals surface area contributed by atoms with E-state index in [1.807, 2.05) is 7.11 Å². The molecule has 0 spiro atoms. The molecule has 1 rings (SSSR count). The first-order valence-corrected chi connectivity index (χ1v) is 8.40. The normalized spacial score (nSPS) is 28.1. The molecule has 0 aromatic rings. The Morgan fingerprint density at radius 2 is 1.85 bits per heavy atom. The van der Waals surface area contributed by atoms with Gasteiger partial charge in [-0.3, -0.25) is 4.90 Å². The molecule has 0 amide bonds. The highest BCUT2D eigenvalue weighted by molar-refractivity contribution is 4.93. The molecular formula is C17H36N2O. The van der Waals surface area contributed by atoms with Crippen LogP contribution < -0.4 is 5.32 Å². The Morgan fingerprint density at radius 1 is 1.20 bits per heavy atom. The van der Waals surface area contributed by atoms with Gasteiger partial charge in [-0.05, 0) is 17.8 Å². The fourth-order valence-electron chi connectivity index (χ4n) is 3.32. The predicted molar refractivity (Wildman–Crippen MR) is 87.1 cm³/mol. The Hall–Kier alpha value is -0.120. The number of rotatable bonds is 7. The third-order valence-corrected chi connectivity index (χ3v) is 5.06. The molecule has 0 aromatic heterocycles. The second kappa shape index (κ2) is 8.35. The van der Waals surface area contributed by atoms with Gasteiger partial charge in [-0.2, -0.15) is 0 Å². The lowest BCUT2D eigenvalue weighted by atomic mass is 9.89. The topological polar surface area (TPSA) is 24.5 Å². The van der Waals surface area contributed by atoms with E-state index in [2.05, 4.69) is 51.8 Å². The Labute approximate surface area is 126 Å². The largest absolute Gasteiger partial charge is 0.383 e. The Bertz CT molecular complexity index is 268. The molecule has 0 aliphatic carbocycles. The van der Waals surface area contributed by atoms with E-state index >= 15 is 0 Å². The average Bonchev–Trinajstić information content (AvgIpc) is 2.42. The molecule has 1 fully saturated rings. The van der Waals surface area contributed by atoms with Crippen molar-refractivity contribution in [3.05, 3.63) is 0 Å². The van der Waals surface area contributed by atoms with Gasteiger partial charge in [0.1, 0.15) is 0 Å². The maximum Gasteiger partial charge on any atom is 0.0620 e. The third-order valence-electron chi connectivity index (χ3n) is 5.06. The van der Waals surface area contributed by atoms with Gasteiger partial charge in [0.25, 0.3) is 0 Å². The summed E-state index contributed by atoms with van der Waals surface area (Å²) in [6.07, 6.45) is 1.24. The molecule has 1 saturated heterocycles. The summed E-state index contributed by atoms with van der Waals surface area (Å²) in [7, 11) is 1.83. The van der Waals surface area contributed by atoms with E-state index in [0.717, 1.165) is 25.6 Å². The van der Waals surface area contributed by atoms with Gasteiger partial charge in [0.05, 0.1) is 6.61 Å². The van der Waals surface area contributed by atoms with Gasteiger partial charge in [0, 0.05) is 38.3 Å². The van der Waals surface area contributed by atoms with Crippen LogP contribution in [0.2, 0.25) is 0 Å². The van der Waals surface area contributed by atoms with Gasteiger partial charge >= 0.3 is 0 Å². The quantitative estimate of drug-likeness (QED) is 0.778. The van der Waals surface area contributed by atoms with Crippen LogP contribution in [0.25, 0.3) is 0 Å². The van der Waals surface area contributed by atoms with Crippen molar-refractivity contribution < 1.29 is 4.74 Å². The van der Waals surface area contributed by atoms with Crippen LogP contribution in [0.3, 0.4) is 0 Å². The van der Waals surface area contributed by atoms with Gasteiger partial charge < -0.3 is 10.1 Å². The van der Waals surface area contributed by atoms with Crippen LogP contribution >= 0.6 is 0 Å². The number of methoxy groups -OCH3 is 1. The number of nitrogens with zero attached hydrogens (tertiary/aromatic N) is 1. The molecule has 20 heavy (non-hydrogen) atoms. The summed E-state index contributed by atoms with van der Waals surface area (Å²) in [5.74, 6) is 2.05. The van der Waals surface area contributed by atoms with Crippen molar-refractivity contribution in [1.29, 1.82) is 0 Å². The molecule has 1 aliphatic heterocycles. The molecule has 0 aromatic carbocycles. The molecule has 4 unspecified atom stereocenters. The van der Waals surface area contributed by atoms with E-state index in [-0.39, 0.29) is 0 Å². The molecule has 120 valence electrons. The van der Waals surface area contributed by atoms with Crippen molar-refractivity contribution in [2.45, 2.75) is 66.1 Å². The molecule has 3 heteroatoms. The monoisotopic (exact) mass is 284 g/mol. The van der Waals surface area contributed by atoms with Crippen molar-refractivity contribution in [3.63, 3.8) is 0 Å². The van der Waals surface area contributed by atoms with Crippen LogP contribution in [-0.2, 0) is 4.74 Å². The second-order valence-electron chi connectivity index (χ2n) is 7.18. The molecule has 0 bridgehead atoms. The Balaban J connectivity index is 2.86. The zero-order valence-corrected chi connectivity index (χ0v) is 14.6. The van der Waals surface area contributed by atoms with Crippen LogP contribution in [0.5, 0.6) is 0 Å². The standard InChI is InChI=1S/C17H36N2O/c1-8-14(6)15-10-19(16(9-18-15)12(2)3)17(11-20-7)13(4)5/h12-18H,8-11H2,1-7H3. The van der Waals surface area contributed by atoms with Gasteiger partial charge in [0.15, 0.2) is 0 Å². The molecule has 0 saturated carbocycles. The van der Waals surface area contributed by atoms with E-state index in [1.165, 1.54) is 6.42 Å². The average molecular weight is 284 g/mol. The van der Waals surface area contributed by atoms with E-state index in [1.54, 1.807) is 0 Å². The molecular weight excluding hydrogens is 248 g/mol. The lowest BCUT2D eigenvalue weighted by Crippen LogP contribution is -2.64. The van der Waals surface area contributed by atoms with E-state index < -0.39 is 0 Å². The zero-order valence-electron chi connectivity index (χ0n) is 14.6. The molecule has 1 N–H and O–H groups in total. The van der Waals surface area contributed by atoms with E-state index in [9.17, 15) is 0 Å². The third kappa shape index (κ3) is 4.44. The van der Waals surface area contributed by atoms with Gasteiger partial charge in [-0.1, -0.05) is 48.0 Å². The van der Waals surface area contributed by atoms with Crippen LogP contribution in [0.15, 0.2) is 0 Å². The summed E-state index contributed by atoms with van der Waals surface area (Å²) in [4.78, 5) is 2.73. The number of hydrogen-bond acceptors (Lipinski definition) is 3. The summed E-state index contributed by atoms with van der Waals surface area (Å²) < 4.78 is 5.51. The molecule has 4 atom stereocenters. The summed E-state index contributed by atoms with van der Waals surface area (Å²) in [6.45, 7) is 17.1. The molecule has 1 heterocycles. The molecule has 3 nitrogen and oxygen atoms in total. The Kier molecular flexibility index (Phi) is 7.49. The van der Waals surface area contributed by atoms with Crippen molar-refractivity contribution in [2.24, 2.45) is 17.8 Å². The van der Waals surface area contributed by atoms with Gasteiger partial charge in [-0.25, -0.2) is 0 Å². The van der Waals surface area contributed by atoms with Crippen LogP contribution in [0, 0.1) is 17.8 Å². The highest BCUT2D eigenvalue weighted by Crippen LogP contribution is 2.25.